The van der Waals surface area contributed by atoms with Gasteiger partial charge in [0, 0.05) is 0 Å². The maximum absolute atomic E-state index is 13.9. The Labute approximate surface area is 153 Å². The Morgan fingerprint density at radius 2 is 1.96 bits per heavy atom. The molecule has 5 nitrogen and oxygen atoms in total. The molecule has 0 saturated carbocycles. The van der Waals surface area contributed by atoms with Crippen LogP contribution >= 0.6 is 11.3 Å². The Hall–Kier alpha value is -2.06. The lowest BCUT2D eigenvalue weighted by atomic mass is 9.95. The summed E-state index contributed by atoms with van der Waals surface area (Å²) >= 11 is 1.33. The van der Waals surface area contributed by atoms with Gasteiger partial charge >= 0.3 is 0 Å². The molecule has 0 aliphatic carbocycles. The fraction of sp³-hybridized carbons (Fsp3) is 0.444. The van der Waals surface area contributed by atoms with E-state index in [9.17, 15) is 13.9 Å². The lowest BCUT2D eigenvalue weighted by Crippen LogP contribution is -2.36. The average molecular weight is 378 g/mol. The lowest BCUT2D eigenvalue weighted by molar-refractivity contribution is 0.157. The molecule has 1 aliphatic heterocycles. The number of likely N-dealkylation sites (tertiary alicyclic amines) is 1. The zero-order valence-electron chi connectivity index (χ0n) is 14.6. The van der Waals surface area contributed by atoms with Crippen LogP contribution in [0.1, 0.15) is 42.1 Å². The number of aryl methyl sites for hydroxylation is 1. The van der Waals surface area contributed by atoms with Crippen LogP contribution in [0, 0.1) is 24.5 Å². The van der Waals surface area contributed by atoms with Crippen LogP contribution in [0.5, 0.6) is 5.88 Å². The zero-order chi connectivity index (χ0) is 18.4. The Kier molecular flexibility index (Phi) is 4.40. The first-order chi connectivity index (χ1) is 12.4. The molecule has 4 rings (SSSR count). The van der Waals surface area contributed by atoms with Gasteiger partial charge < -0.3 is 5.11 Å². The molecular formula is C18H20F2N4OS. The summed E-state index contributed by atoms with van der Waals surface area (Å²) < 4.78 is 28.8. The predicted octanol–water partition coefficient (Wildman–Crippen LogP) is 3.90. The van der Waals surface area contributed by atoms with Gasteiger partial charge in [-0.25, -0.2) is 13.8 Å². The monoisotopic (exact) mass is 378 g/mol. The molecule has 138 valence electrons. The highest BCUT2D eigenvalue weighted by atomic mass is 32.1. The van der Waals surface area contributed by atoms with Gasteiger partial charge in [0.25, 0.3) is 0 Å². The number of nitrogens with zero attached hydrogens (tertiary/aromatic N) is 4. The molecule has 2 aromatic heterocycles. The first-order valence-electron chi connectivity index (χ1n) is 8.68. The summed E-state index contributed by atoms with van der Waals surface area (Å²) in [5.41, 5.74) is 0.620. The number of rotatable bonds is 3. The average Bonchev–Trinajstić information content (AvgIpc) is 3.11. The fourth-order valence-corrected chi connectivity index (χ4v) is 4.69. The van der Waals surface area contributed by atoms with E-state index in [2.05, 4.69) is 21.9 Å². The summed E-state index contributed by atoms with van der Waals surface area (Å²) in [7, 11) is 0. The van der Waals surface area contributed by atoms with Crippen molar-refractivity contribution in [2.75, 3.05) is 13.1 Å². The van der Waals surface area contributed by atoms with Crippen LogP contribution in [0.2, 0.25) is 0 Å². The van der Waals surface area contributed by atoms with Gasteiger partial charge in [0.1, 0.15) is 5.82 Å². The number of aromatic nitrogens is 3. The van der Waals surface area contributed by atoms with Crippen LogP contribution < -0.4 is 0 Å². The van der Waals surface area contributed by atoms with E-state index in [0.29, 0.717) is 27.1 Å². The topological polar surface area (TPSA) is 53.7 Å². The molecule has 1 N–H and O–H groups in total. The first-order valence-corrected chi connectivity index (χ1v) is 9.49. The molecule has 1 saturated heterocycles. The van der Waals surface area contributed by atoms with Crippen LogP contribution in [0.4, 0.5) is 8.78 Å². The highest BCUT2D eigenvalue weighted by molar-refractivity contribution is 7.17. The van der Waals surface area contributed by atoms with Crippen LogP contribution in [0.3, 0.4) is 0 Å². The Morgan fingerprint density at radius 3 is 2.62 bits per heavy atom. The summed E-state index contributed by atoms with van der Waals surface area (Å²) in [4.78, 5) is 7.77. The third-order valence-corrected chi connectivity index (χ3v) is 6.07. The summed E-state index contributed by atoms with van der Waals surface area (Å²) in [6, 6.07) is 3.59. The summed E-state index contributed by atoms with van der Waals surface area (Å²) in [6.07, 6.45) is 2.06. The number of hydrogen-bond donors (Lipinski definition) is 1. The van der Waals surface area contributed by atoms with Gasteiger partial charge in [0.15, 0.2) is 11.6 Å². The molecule has 0 unspecified atom stereocenters. The van der Waals surface area contributed by atoms with E-state index in [1.54, 1.807) is 13.0 Å². The quantitative estimate of drug-likeness (QED) is 0.751. The van der Waals surface area contributed by atoms with E-state index in [0.717, 1.165) is 32.0 Å². The van der Waals surface area contributed by atoms with Crippen LogP contribution in [0.25, 0.3) is 4.96 Å². The fourth-order valence-electron chi connectivity index (χ4n) is 3.52. The summed E-state index contributed by atoms with van der Waals surface area (Å²) in [6.45, 7) is 5.64. The maximum atomic E-state index is 13.9. The smallest absolute Gasteiger partial charge is 0.230 e. The minimum atomic E-state index is -0.882. The van der Waals surface area contributed by atoms with E-state index < -0.39 is 11.6 Å². The molecule has 1 atom stereocenters. The summed E-state index contributed by atoms with van der Waals surface area (Å²) in [5.74, 6) is -0.529. The van der Waals surface area contributed by atoms with E-state index in [1.807, 2.05) is 0 Å². The molecule has 0 bridgehead atoms. The second-order valence-electron chi connectivity index (χ2n) is 6.94. The maximum Gasteiger partial charge on any atom is 0.230 e. The van der Waals surface area contributed by atoms with Crippen molar-refractivity contribution < 1.29 is 13.9 Å². The van der Waals surface area contributed by atoms with Crippen molar-refractivity contribution in [1.29, 1.82) is 0 Å². The van der Waals surface area contributed by atoms with Crippen molar-refractivity contribution in [3.05, 3.63) is 46.1 Å². The molecule has 0 spiro atoms. The van der Waals surface area contributed by atoms with Crippen molar-refractivity contribution in [2.45, 2.75) is 32.7 Å². The lowest BCUT2D eigenvalue weighted by Gasteiger charge is -2.36. The SMILES string of the molecule is Cc1nc2sc([C@@H](c3ccc(F)c(F)c3)N3CCC(C)CC3)c(O)n2n1. The van der Waals surface area contributed by atoms with Gasteiger partial charge in [-0.05, 0) is 56.5 Å². The van der Waals surface area contributed by atoms with Gasteiger partial charge in [0.05, 0.1) is 10.9 Å². The second kappa shape index (κ2) is 6.59. The number of halogens is 2. The molecule has 1 fully saturated rings. The number of thiazole rings is 1. The van der Waals surface area contributed by atoms with Crippen LogP contribution in [-0.4, -0.2) is 37.7 Å². The molecular weight excluding hydrogens is 358 g/mol. The molecule has 8 heteroatoms. The zero-order valence-corrected chi connectivity index (χ0v) is 15.4. The highest BCUT2D eigenvalue weighted by Crippen LogP contribution is 2.41. The largest absolute Gasteiger partial charge is 0.492 e. The number of hydrogen-bond acceptors (Lipinski definition) is 5. The first kappa shape index (κ1) is 17.4. The molecule has 3 aromatic rings. The van der Waals surface area contributed by atoms with Gasteiger partial charge in [-0.2, -0.15) is 4.52 Å². The van der Waals surface area contributed by atoms with Gasteiger partial charge in [0.2, 0.25) is 10.8 Å². The van der Waals surface area contributed by atoms with Crippen molar-refractivity contribution in [3.8, 4) is 5.88 Å². The number of benzene rings is 1. The number of fused-ring (bicyclic) bond motifs is 1. The Morgan fingerprint density at radius 1 is 1.23 bits per heavy atom. The van der Waals surface area contributed by atoms with E-state index >= 15 is 0 Å². The van der Waals surface area contributed by atoms with Gasteiger partial charge in [-0.3, -0.25) is 4.90 Å². The molecule has 0 radical (unpaired) electrons. The van der Waals surface area contributed by atoms with Crippen LogP contribution in [-0.2, 0) is 0 Å². The molecule has 0 amide bonds. The van der Waals surface area contributed by atoms with E-state index in [4.69, 9.17) is 0 Å². The Balaban J connectivity index is 1.82. The predicted molar refractivity (Wildman–Crippen MR) is 95.4 cm³/mol. The van der Waals surface area contributed by atoms with Crippen molar-refractivity contribution in [1.82, 2.24) is 19.5 Å². The van der Waals surface area contributed by atoms with E-state index in [-0.39, 0.29) is 11.9 Å². The van der Waals surface area contributed by atoms with Gasteiger partial charge in [-0.15, -0.1) is 5.10 Å². The Bertz CT molecular complexity index is 946. The number of piperidine rings is 1. The molecule has 26 heavy (non-hydrogen) atoms. The van der Waals surface area contributed by atoms with Gasteiger partial charge in [-0.1, -0.05) is 24.3 Å². The molecule has 3 heterocycles. The standard InChI is InChI=1S/C18H20F2N4OS/c1-10-5-7-23(8-6-10)15(12-3-4-13(19)14(20)9-12)16-17(25)24-18(26-16)21-11(2)22-24/h3-4,9-10,15,25H,5-8H2,1-2H3/t15-/m1/s1. The van der Waals surface area contributed by atoms with E-state index in [1.165, 1.54) is 21.9 Å². The van der Waals surface area contributed by atoms with Crippen molar-refractivity contribution in [2.24, 2.45) is 5.92 Å². The third-order valence-electron chi connectivity index (χ3n) is 5.00. The second-order valence-corrected chi connectivity index (χ2v) is 7.95. The normalized spacial score (nSPS) is 17.8. The van der Waals surface area contributed by atoms with Crippen molar-refractivity contribution >= 4 is 16.3 Å². The molecule has 1 aliphatic rings. The number of aromatic hydroxyl groups is 1. The van der Waals surface area contributed by atoms with Crippen LogP contribution in [0.15, 0.2) is 18.2 Å². The highest BCUT2D eigenvalue weighted by Gasteiger charge is 2.31. The summed E-state index contributed by atoms with van der Waals surface area (Å²) in [5, 5.41) is 14.9. The van der Waals surface area contributed by atoms with Crippen molar-refractivity contribution in [3.63, 3.8) is 0 Å². The minimum Gasteiger partial charge on any atom is -0.492 e. The minimum absolute atomic E-state index is 0.0129. The third kappa shape index (κ3) is 2.97. The molecule has 1 aromatic carbocycles.